The fourth-order valence-corrected chi connectivity index (χ4v) is 4.15. The van der Waals surface area contributed by atoms with Crippen molar-refractivity contribution in [2.24, 2.45) is 11.8 Å². The second kappa shape index (κ2) is 8.39. The predicted molar refractivity (Wildman–Crippen MR) is 110 cm³/mol. The summed E-state index contributed by atoms with van der Waals surface area (Å²) in [6, 6.07) is 11.2. The van der Waals surface area contributed by atoms with E-state index in [0.717, 1.165) is 17.7 Å². The van der Waals surface area contributed by atoms with Gasteiger partial charge in [-0.05, 0) is 18.1 Å². The molecule has 2 heterocycles. The van der Waals surface area contributed by atoms with Gasteiger partial charge in [-0.2, -0.15) is 5.10 Å². The minimum absolute atomic E-state index is 0.152. The van der Waals surface area contributed by atoms with E-state index in [1.807, 2.05) is 43.5 Å². The number of hydrogen-bond donors (Lipinski definition) is 3. The van der Waals surface area contributed by atoms with Gasteiger partial charge in [-0.3, -0.25) is 4.79 Å². The summed E-state index contributed by atoms with van der Waals surface area (Å²) in [6.07, 6.45) is 2.88. The number of aliphatic hydroxyl groups excluding tert-OH is 1. The Morgan fingerprint density at radius 1 is 1.34 bits per heavy atom. The van der Waals surface area contributed by atoms with Crippen LogP contribution in [0.3, 0.4) is 0 Å². The standard InChI is InChI=1S/C22H28N4O3/c1-3-7-17(23-2)18-10-19(22(28)24-21-15-12-29-13-16(15)21)26(25-18)20(11-27)14-8-5-4-6-9-14/h4-10,15-16,20-21,23,27H,3,11-13H2,1-2H3,(H,24,28)/b17-7-. The number of allylic oxidation sites excluding steroid dienone is 1. The van der Waals surface area contributed by atoms with Crippen molar-refractivity contribution in [1.29, 1.82) is 0 Å². The lowest BCUT2D eigenvalue weighted by Gasteiger charge is -2.18. The number of nitrogens with one attached hydrogen (secondary N) is 2. The van der Waals surface area contributed by atoms with Crippen molar-refractivity contribution in [3.05, 3.63) is 59.4 Å². The third-order valence-corrected chi connectivity index (χ3v) is 5.82. The van der Waals surface area contributed by atoms with E-state index in [1.165, 1.54) is 0 Å². The van der Waals surface area contributed by atoms with Crippen molar-refractivity contribution in [3.8, 4) is 0 Å². The highest BCUT2D eigenvalue weighted by Crippen LogP contribution is 2.44. The Balaban J connectivity index is 1.68. The number of amides is 1. The lowest BCUT2D eigenvalue weighted by atomic mass is 10.1. The maximum atomic E-state index is 13.1. The number of ether oxygens (including phenoxy) is 1. The summed E-state index contributed by atoms with van der Waals surface area (Å²) in [5, 5.41) is 21.1. The van der Waals surface area contributed by atoms with Gasteiger partial charge in [-0.15, -0.1) is 0 Å². The first kappa shape index (κ1) is 19.7. The second-order valence-corrected chi connectivity index (χ2v) is 7.61. The van der Waals surface area contributed by atoms with Crippen LogP contribution in [0.1, 0.15) is 41.1 Å². The van der Waals surface area contributed by atoms with Gasteiger partial charge in [0.05, 0.1) is 25.5 Å². The summed E-state index contributed by atoms with van der Waals surface area (Å²) in [5.74, 6) is 0.681. The average Bonchev–Trinajstić information content (AvgIpc) is 3.10. The van der Waals surface area contributed by atoms with Crippen LogP contribution < -0.4 is 10.6 Å². The summed E-state index contributed by atoms with van der Waals surface area (Å²) in [7, 11) is 1.84. The van der Waals surface area contributed by atoms with Crippen LogP contribution in [0.15, 0.2) is 42.5 Å². The van der Waals surface area contributed by atoms with E-state index in [2.05, 4.69) is 17.6 Å². The number of carbonyl (C=O) groups excluding carboxylic acids is 1. The highest BCUT2D eigenvalue weighted by molar-refractivity contribution is 5.94. The molecule has 0 spiro atoms. The Kier molecular flexibility index (Phi) is 5.69. The number of aliphatic hydroxyl groups is 1. The molecule has 7 heteroatoms. The Hall–Kier alpha value is -2.64. The molecule has 7 nitrogen and oxygen atoms in total. The molecule has 1 aliphatic heterocycles. The number of aromatic nitrogens is 2. The molecule has 0 radical (unpaired) electrons. The number of hydrogen-bond acceptors (Lipinski definition) is 5. The van der Waals surface area contributed by atoms with Crippen molar-refractivity contribution in [2.75, 3.05) is 26.9 Å². The largest absolute Gasteiger partial charge is 0.394 e. The van der Waals surface area contributed by atoms with Gasteiger partial charge in [0.2, 0.25) is 0 Å². The van der Waals surface area contributed by atoms with Crippen molar-refractivity contribution < 1.29 is 14.6 Å². The van der Waals surface area contributed by atoms with E-state index in [1.54, 1.807) is 10.7 Å². The molecule has 1 aromatic heterocycles. The minimum Gasteiger partial charge on any atom is -0.394 e. The Morgan fingerprint density at radius 3 is 2.69 bits per heavy atom. The minimum atomic E-state index is -0.438. The van der Waals surface area contributed by atoms with Gasteiger partial charge in [-0.1, -0.05) is 43.3 Å². The molecular weight excluding hydrogens is 368 g/mol. The molecule has 3 unspecified atom stereocenters. The molecule has 1 amide bonds. The summed E-state index contributed by atoms with van der Waals surface area (Å²) in [4.78, 5) is 13.1. The van der Waals surface area contributed by atoms with Crippen molar-refractivity contribution in [2.45, 2.75) is 25.4 Å². The Labute approximate surface area is 170 Å². The van der Waals surface area contributed by atoms with Crippen molar-refractivity contribution in [1.82, 2.24) is 20.4 Å². The maximum Gasteiger partial charge on any atom is 0.269 e. The van der Waals surface area contributed by atoms with Crippen LogP contribution in [0.2, 0.25) is 0 Å². The third-order valence-electron chi connectivity index (χ3n) is 5.82. The van der Waals surface area contributed by atoms with Gasteiger partial charge in [0, 0.05) is 24.9 Å². The van der Waals surface area contributed by atoms with Gasteiger partial charge >= 0.3 is 0 Å². The number of nitrogens with zero attached hydrogens (tertiary/aromatic N) is 2. The number of rotatable bonds is 8. The van der Waals surface area contributed by atoms with E-state index in [-0.39, 0.29) is 18.6 Å². The van der Waals surface area contributed by atoms with Crippen LogP contribution in [-0.2, 0) is 4.74 Å². The molecule has 154 valence electrons. The summed E-state index contributed by atoms with van der Waals surface area (Å²) in [6.45, 7) is 3.33. The van der Waals surface area contributed by atoms with Crippen LogP contribution >= 0.6 is 0 Å². The molecule has 2 aliphatic rings. The zero-order chi connectivity index (χ0) is 20.4. The van der Waals surface area contributed by atoms with E-state index in [9.17, 15) is 9.90 Å². The van der Waals surface area contributed by atoms with Crippen molar-refractivity contribution in [3.63, 3.8) is 0 Å². The molecule has 3 atom stereocenters. The SMILES string of the molecule is CC/C=C(\NC)c1cc(C(=O)NC2C3COCC32)n(C(CO)c2ccccc2)n1. The van der Waals surface area contributed by atoms with E-state index < -0.39 is 6.04 Å². The molecule has 0 bridgehead atoms. The lowest BCUT2D eigenvalue weighted by molar-refractivity contribution is 0.0914. The number of benzene rings is 1. The highest BCUT2D eigenvalue weighted by atomic mass is 16.5. The van der Waals surface area contributed by atoms with Crippen LogP contribution in [0.25, 0.3) is 5.70 Å². The topological polar surface area (TPSA) is 88.4 Å². The van der Waals surface area contributed by atoms with Crippen LogP contribution in [0.5, 0.6) is 0 Å². The zero-order valence-corrected chi connectivity index (χ0v) is 16.8. The van der Waals surface area contributed by atoms with Gasteiger partial charge in [0.15, 0.2) is 0 Å². The van der Waals surface area contributed by atoms with Crippen molar-refractivity contribution >= 4 is 11.6 Å². The van der Waals surface area contributed by atoms with Gasteiger partial charge < -0.3 is 20.5 Å². The fraction of sp³-hybridized carbons (Fsp3) is 0.455. The molecular formula is C22H28N4O3. The fourth-order valence-electron chi connectivity index (χ4n) is 4.15. The molecule has 29 heavy (non-hydrogen) atoms. The first-order valence-corrected chi connectivity index (χ1v) is 10.2. The molecule has 1 saturated heterocycles. The highest BCUT2D eigenvalue weighted by Gasteiger charge is 2.55. The second-order valence-electron chi connectivity index (χ2n) is 7.61. The monoisotopic (exact) mass is 396 g/mol. The molecule has 4 rings (SSSR count). The molecule has 3 N–H and O–H groups in total. The third kappa shape index (κ3) is 3.80. The Morgan fingerprint density at radius 2 is 2.07 bits per heavy atom. The summed E-state index contributed by atoms with van der Waals surface area (Å²) < 4.78 is 7.07. The summed E-state index contributed by atoms with van der Waals surface area (Å²) in [5.41, 5.74) is 2.90. The first-order valence-electron chi connectivity index (χ1n) is 10.2. The van der Waals surface area contributed by atoms with E-state index in [0.29, 0.717) is 36.4 Å². The molecule has 2 fully saturated rings. The van der Waals surface area contributed by atoms with Gasteiger partial charge in [0.1, 0.15) is 17.4 Å². The van der Waals surface area contributed by atoms with Crippen LogP contribution in [0.4, 0.5) is 0 Å². The summed E-state index contributed by atoms with van der Waals surface area (Å²) >= 11 is 0. The number of fused-ring (bicyclic) bond motifs is 1. The quantitative estimate of drug-likeness (QED) is 0.633. The van der Waals surface area contributed by atoms with E-state index in [4.69, 9.17) is 9.84 Å². The number of carbonyl (C=O) groups is 1. The van der Waals surface area contributed by atoms with Crippen LogP contribution in [0, 0.1) is 11.8 Å². The average molecular weight is 396 g/mol. The van der Waals surface area contributed by atoms with E-state index >= 15 is 0 Å². The lowest BCUT2D eigenvalue weighted by Crippen LogP contribution is -2.33. The predicted octanol–water partition coefficient (Wildman–Crippen LogP) is 1.81. The molecule has 1 aliphatic carbocycles. The Bertz CT molecular complexity index is 883. The normalized spacial score (nSPS) is 24.1. The molecule has 2 aromatic rings. The van der Waals surface area contributed by atoms with Gasteiger partial charge in [0.25, 0.3) is 5.91 Å². The molecule has 1 saturated carbocycles. The van der Waals surface area contributed by atoms with Crippen LogP contribution in [-0.4, -0.2) is 53.7 Å². The zero-order valence-electron chi connectivity index (χ0n) is 16.8. The molecule has 1 aromatic carbocycles. The first-order chi connectivity index (χ1) is 14.2. The maximum absolute atomic E-state index is 13.1. The van der Waals surface area contributed by atoms with Gasteiger partial charge in [-0.25, -0.2) is 4.68 Å². The smallest absolute Gasteiger partial charge is 0.269 e.